The van der Waals surface area contributed by atoms with Crippen LogP contribution in [0.3, 0.4) is 0 Å². The Kier molecular flexibility index (Phi) is 5.58. The van der Waals surface area contributed by atoms with E-state index in [4.69, 9.17) is 9.47 Å². The molecule has 0 saturated carbocycles. The number of nitrogens with one attached hydrogen (secondary N) is 2. The first-order chi connectivity index (χ1) is 9.51. The smallest absolute Gasteiger partial charge is 0.267 e. The molecule has 2 N–H and O–H groups in total. The lowest BCUT2D eigenvalue weighted by atomic mass is 10.1. The zero-order chi connectivity index (χ0) is 15.1. The molecule has 0 radical (unpaired) electrons. The van der Waals surface area contributed by atoms with Gasteiger partial charge in [-0.15, -0.1) is 0 Å². The van der Waals surface area contributed by atoms with Crippen molar-refractivity contribution in [3.63, 3.8) is 0 Å². The Morgan fingerprint density at radius 3 is 2.30 bits per heavy atom. The first kappa shape index (κ1) is 15.6. The summed E-state index contributed by atoms with van der Waals surface area (Å²) in [4.78, 5) is 22.8. The fourth-order valence-electron chi connectivity index (χ4n) is 1.59. The minimum absolute atomic E-state index is 0.159. The predicted molar refractivity (Wildman–Crippen MR) is 75.4 cm³/mol. The van der Waals surface area contributed by atoms with Crippen LogP contribution in [0.15, 0.2) is 23.9 Å². The first-order valence-electron chi connectivity index (χ1n) is 5.95. The molecule has 0 saturated heterocycles. The topological polar surface area (TPSA) is 76.7 Å². The van der Waals surface area contributed by atoms with E-state index in [2.05, 4.69) is 10.6 Å². The molecular weight excluding hydrogens is 260 g/mol. The molecule has 0 fully saturated rings. The fraction of sp³-hybridized carbons (Fsp3) is 0.286. The molecule has 0 aliphatic carbocycles. The first-order valence-corrected chi connectivity index (χ1v) is 5.95. The van der Waals surface area contributed by atoms with Crippen molar-refractivity contribution in [3.05, 3.63) is 29.5 Å². The molecule has 0 aliphatic heterocycles. The van der Waals surface area contributed by atoms with Crippen LogP contribution in [0.1, 0.15) is 12.5 Å². The van der Waals surface area contributed by atoms with Gasteiger partial charge in [-0.1, -0.05) is 6.07 Å². The van der Waals surface area contributed by atoms with Crippen molar-refractivity contribution in [2.45, 2.75) is 6.92 Å². The maximum absolute atomic E-state index is 11.7. The van der Waals surface area contributed by atoms with Crippen LogP contribution in [0, 0.1) is 0 Å². The highest BCUT2D eigenvalue weighted by Gasteiger charge is 2.10. The van der Waals surface area contributed by atoms with Crippen molar-refractivity contribution in [1.29, 1.82) is 0 Å². The molecule has 0 aromatic heterocycles. The lowest BCUT2D eigenvalue weighted by molar-refractivity contribution is -0.122. The van der Waals surface area contributed by atoms with E-state index in [-0.39, 0.29) is 17.5 Å². The van der Waals surface area contributed by atoms with E-state index in [1.807, 2.05) is 0 Å². The van der Waals surface area contributed by atoms with Gasteiger partial charge in [0.05, 0.1) is 14.2 Å². The number of carbonyl (C=O) groups excluding carboxylic acids is 2. The summed E-state index contributed by atoms with van der Waals surface area (Å²) in [6.45, 7) is 1.34. The third kappa shape index (κ3) is 4.01. The molecule has 0 bridgehead atoms. The van der Waals surface area contributed by atoms with Crippen molar-refractivity contribution < 1.29 is 19.1 Å². The molecule has 108 valence electrons. The summed E-state index contributed by atoms with van der Waals surface area (Å²) >= 11 is 0. The van der Waals surface area contributed by atoms with Crippen LogP contribution in [-0.4, -0.2) is 33.1 Å². The molecular formula is C14H18N2O4. The number of methoxy groups -OCH3 is 2. The van der Waals surface area contributed by atoms with E-state index in [1.165, 1.54) is 21.1 Å². The van der Waals surface area contributed by atoms with E-state index < -0.39 is 0 Å². The Bertz CT molecular complexity index is 538. The van der Waals surface area contributed by atoms with E-state index in [0.29, 0.717) is 17.1 Å². The zero-order valence-electron chi connectivity index (χ0n) is 11.9. The second-order valence-corrected chi connectivity index (χ2v) is 3.93. The van der Waals surface area contributed by atoms with Crippen molar-refractivity contribution in [1.82, 2.24) is 10.6 Å². The lowest BCUT2D eigenvalue weighted by Gasteiger charge is -2.09. The summed E-state index contributed by atoms with van der Waals surface area (Å²) in [5.74, 6) is 0.432. The summed E-state index contributed by atoms with van der Waals surface area (Å²) in [6, 6.07) is 5.19. The number of carbonyl (C=O) groups is 2. The van der Waals surface area contributed by atoms with Gasteiger partial charge in [-0.2, -0.15) is 0 Å². The number of hydrogen-bond donors (Lipinski definition) is 2. The number of hydrogen-bond acceptors (Lipinski definition) is 4. The molecule has 1 aromatic carbocycles. The van der Waals surface area contributed by atoms with Gasteiger partial charge in [0, 0.05) is 14.0 Å². The second kappa shape index (κ2) is 7.18. The van der Waals surface area contributed by atoms with E-state index in [9.17, 15) is 9.59 Å². The number of likely N-dealkylation sites (N-methyl/N-ethyl adjacent to an activating group) is 1. The number of rotatable bonds is 5. The molecule has 0 unspecified atom stereocenters. The summed E-state index contributed by atoms with van der Waals surface area (Å²) in [6.07, 6.45) is 1.56. The van der Waals surface area contributed by atoms with Gasteiger partial charge in [0.25, 0.3) is 5.91 Å². The quantitative estimate of drug-likeness (QED) is 0.785. The highest BCUT2D eigenvalue weighted by Crippen LogP contribution is 2.28. The number of amides is 2. The van der Waals surface area contributed by atoms with Crippen LogP contribution < -0.4 is 20.1 Å². The van der Waals surface area contributed by atoms with Crippen molar-refractivity contribution in [2.24, 2.45) is 0 Å². The van der Waals surface area contributed by atoms with Crippen LogP contribution in [0.2, 0.25) is 0 Å². The lowest BCUT2D eigenvalue weighted by Crippen LogP contribution is -2.31. The standard InChI is InChI=1S/C14H18N2O4/c1-9(17)16-11(14(18)15-2)7-10-5-6-12(19-3)13(8-10)20-4/h5-8H,1-4H3,(H,15,18)(H,16,17)/b11-7+. The minimum Gasteiger partial charge on any atom is -0.493 e. The average molecular weight is 278 g/mol. The SMILES string of the molecule is CNC(=O)/C(=C\c1ccc(OC)c(OC)c1)NC(C)=O. The van der Waals surface area contributed by atoms with Gasteiger partial charge >= 0.3 is 0 Å². The van der Waals surface area contributed by atoms with Crippen LogP contribution >= 0.6 is 0 Å². The molecule has 0 spiro atoms. The highest BCUT2D eigenvalue weighted by molar-refractivity contribution is 6.00. The van der Waals surface area contributed by atoms with Gasteiger partial charge in [-0.05, 0) is 23.8 Å². The third-order valence-electron chi connectivity index (χ3n) is 2.50. The van der Waals surface area contributed by atoms with Gasteiger partial charge in [0.1, 0.15) is 5.70 Å². The molecule has 6 heteroatoms. The van der Waals surface area contributed by atoms with E-state index in [0.717, 1.165) is 0 Å². The van der Waals surface area contributed by atoms with Gasteiger partial charge in [0.2, 0.25) is 5.91 Å². The van der Waals surface area contributed by atoms with Gasteiger partial charge in [0.15, 0.2) is 11.5 Å². The summed E-state index contributed by atoms with van der Waals surface area (Å²) < 4.78 is 10.3. The molecule has 0 aliphatic rings. The predicted octanol–water partition coefficient (Wildman–Crippen LogP) is 0.927. The normalized spacial score (nSPS) is 10.7. The van der Waals surface area contributed by atoms with E-state index >= 15 is 0 Å². The fourth-order valence-corrected chi connectivity index (χ4v) is 1.59. The maximum Gasteiger partial charge on any atom is 0.267 e. The Labute approximate surface area is 117 Å². The van der Waals surface area contributed by atoms with Crippen LogP contribution in [0.4, 0.5) is 0 Å². The zero-order valence-corrected chi connectivity index (χ0v) is 11.9. The molecule has 0 heterocycles. The molecule has 1 aromatic rings. The Balaban J connectivity index is 3.16. The Hall–Kier alpha value is -2.50. The molecule has 1 rings (SSSR count). The monoisotopic (exact) mass is 278 g/mol. The molecule has 6 nitrogen and oxygen atoms in total. The number of ether oxygens (including phenoxy) is 2. The second-order valence-electron chi connectivity index (χ2n) is 3.93. The van der Waals surface area contributed by atoms with Gasteiger partial charge in [-0.25, -0.2) is 0 Å². The van der Waals surface area contributed by atoms with Gasteiger partial charge < -0.3 is 20.1 Å². The average Bonchev–Trinajstić information content (AvgIpc) is 2.45. The van der Waals surface area contributed by atoms with Gasteiger partial charge in [-0.3, -0.25) is 9.59 Å². The maximum atomic E-state index is 11.7. The minimum atomic E-state index is -0.380. The molecule has 0 atom stereocenters. The summed E-state index contributed by atoms with van der Waals surface area (Å²) in [5, 5.41) is 4.95. The van der Waals surface area contributed by atoms with E-state index in [1.54, 1.807) is 31.4 Å². The van der Waals surface area contributed by atoms with Crippen LogP contribution in [0.25, 0.3) is 6.08 Å². The number of benzene rings is 1. The summed E-state index contributed by atoms with van der Waals surface area (Å²) in [7, 11) is 4.56. The highest BCUT2D eigenvalue weighted by atomic mass is 16.5. The van der Waals surface area contributed by atoms with Crippen molar-refractivity contribution in [3.8, 4) is 11.5 Å². The Morgan fingerprint density at radius 2 is 1.80 bits per heavy atom. The van der Waals surface area contributed by atoms with Crippen molar-refractivity contribution in [2.75, 3.05) is 21.3 Å². The largest absolute Gasteiger partial charge is 0.493 e. The van der Waals surface area contributed by atoms with Crippen LogP contribution in [0.5, 0.6) is 11.5 Å². The molecule has 2 amide bonds. The van der Waals surface area contributed by atoms with Crippen molar-refractivity contribution >= 4 is 17.9 Å². The Morgan fingerprint density at radius 1 is 1.15 bits per heavy atom. The van der Waals surface area contributed by atoms with Crippen LogP contribution in [-0.2, 0) is 9.59 Å². The molecule has 20 heavy (non-hydrogen) atoms. The third-order valence-corrected chi connectivity index (χ3v) is 2.50. The summed E-state index contributed by atoms with van der Waals surface area (Å²) in [5.41, 5.74) is 0.863.